The Morgan fingerprint density at radius 3 is 1.64 bits per heavy atom. The summed E-state index contributed by atoms with van der Waals surface area (Å²) in [6.45, 7) is 0.314. The van der Waals surface area contributed by atoms with E-state index in [2.05, 4.69) is 0 Å². The average Bonchev–Trinajstić information content (AvgIpc) is 3.37. The first-order valence-electron chi connectivity index (χ1n) is 8.51. The smallest absolute Gasteiger partial charge is 0.231 e. The van der Waals surface area contributed by atoms with Gasteiger partial charge in [0.1, 0.15) is 0 Å². The van der Waals surface area contributed by atoms with Crippen molar-refractivity contribution in [3.8, 4) is 23.0 Å². The molecule has 0 bridgehead atoms. The predicted octanol–water partition coefficient (Wildman–Crippen LogP) is 2.37. The fraction of sp³-hybridized carbons (Fsp3) is 0.143. The second-order valence-corrected chi connectivity index (χ2v) is 6.10. The van der Waals surface area contributed by atoms with Crippen molar-refractivity contribution in [1.29, 1.82) is 0 Å². The third-order valence-electron chi connectivity index (χ3n) is 4.21. The van der Waals surface area contributed by atoms with Gasteiger partial charge in [-0.2, -0.15) is 0 Å². The van der Waals surface area contributed by atoms with Gasteiger partial charge < -0.3 is 24.1 Å². The second-order valence-electron chi connectivity index (χ2n) is 6.10. The molecule has 0 fully saturated rings. The molecule has 4 rings (SSSR count). The van der Waals surface area contributed by atoms with Gasteiger partial charge in [-0.05, 0) is 47.5 Å². The molecule has 0 atom stereocenters. The molecular formula is C21H16O7. The van der Waals surface area contributed by atoms with Crippen LogP contribution in [0.15, 0.2) is 48.6 Å². The number of hydrogen-bond acceptors (Lipinski definition) is 7. The number of fused-ring (bicyclic) bond motifs is 2. The van der Waals surface area contributed by atoms with Crippen molar-refractivity contribution in [3.63, 3.8) is 0 Å². The lowest BCUT2D eigenvalue weighted by molar-refractivity contribution is -0.132. The van der Waals surface area contributed by atoms with Crippen LogP contribution in [0, 0.1) is 0 Å². The van der Waals surface area contributed by atoms with Crippen LogP contribution in [-0.2, 0) is 9.59 Å². The molecule has 142 valence electrons. The van der Waals surface area contributed by atoms with Crippen LogP contribution in [-0.4, -0.2) is 36.4 Å². The highest BCUT2D eigenvalue weighted by molar-refractivity contribution is 6.15. The maximum atomic E-state index is 12.1. The number of carbonyl (C=O) groups excluding carboxylic acids is 2. The van der Waals surface area contributed by atoms with E-state index >= 15 is 0 Å². The van der Waals surface area contributed by atoms with Crippen molar-refractivity contribution < 1.29 is 33.6 Å². The molecule has 2 aromatic carbocycles. The average molecular weight is 380 g/mol. The van der Waals surface area contributed by atoms with Crippen molar-refractivity contribution in [2.75, 3.05) is 13.6 Å². The van der Waals surface area contributed by atoms with E-state index in [0.29, 0.717) is 34.1 Å². The highest BCUT2D eigenvalue weighted by Gasteiger charge is 2.19. The molecular weight excluding hydrogens is 364 g/mol. The van der Waals surface area contributed by atoms with Gasteiger partial charge in [-0.25, -0.2) is 0 Å². The molecule has 0 radical (unpaired) electrons. The van der Waals surface area contributed by atoms with Crippen molar-refractivity contribution in [1.82, 2.24) is 0 Å². The second kappa shape index (κ2) is 7.58. The minimum Gasteiger partial charge on any atom is -0.454 e. The molecule has 2 aliphatic rings. The Kier molecular flexibility index (Phi) is 4.82. The molecule has 7 heteroatoms. The number of carbonyl (C=O) groups is 2. The predicted molar refractivity (Wildman–Crippen MR) is 99.2 cm³/mol. The lowest BCUT2D eigenvalue weighted by atomic mass is 10.1. The van der Waals surface area contributed by atoms with Gasteiger partial charge in [0.2, 0.25) is 13.6 Å². The Hall–Kier alpha value is -3.58. The normalized spacial score (nSPS) is 14.4. The highest BCUT2D eigenvalue weighted by atomic mass is 16.7. The lowest BCUT2D eigenvalue weighted by Gasteiger charge is -2.03. The fourth-order valence-corrected chi connectivity index (χ4v) is 2.71. The molecule has 0 amide bonds. The maximum absolute atomic E-state index is 12.1. The van der Waals surface area contributed by atoms with Crippen LogP contribution in [0.4, 0.5) is 0 Å². The van der Waals surface area contributed by atoms with Gasteiger partial charge in [-0.1, -0.05) is 24.3 Å². The minimum absolute atomic E-state index is 0.157. The van der Waals surface area contributed by atoms with Crippen LogP contribution in [0.2, 0.25) is 0 Å². The lowest BCUT2D eigenvalue weighted by Crippen LogP contribution is -2.26. The number of hydrogen-bond donors (Lipinski definition) is 1. The number of aliphatic hydroxyl groups is 1. The highest BCUT2D eigenvalue weighted by Crippen LogP contribution is 2.33. The summed E-state index contributed by atoms with van der Waals surface area (Å²) < 4.78 is 21.0. The number of ether oxygens (including phenoxy) is 4. The van der Waals surface area contributed by atoms with Crippen LogP contribution in [0.1, 0.15) is 11.1 Å². The molecule has 0 spiro atoms. The third kappa shape index (κ3) is 3.74. The van der Waals surface area contributed by atoms with E-state index in [1.807, 2.05) is 0 Å². The van der Waals surface area contributed by atoms with E-state index in [1.165, 1.54) is 12.2 Å². The van der Waals surface area contributed by atoms with E-state index in [9.17, 15) is 14.7 Å². The Balaban J connectivity index is 1.38. The molecule has 0 aromatic heterocycles. The minimum atomic E-state index is -1.77. The van der Waals surface area contributed by atoms with E-state index in [1.54, 1.807) is 36.4 Å². The zero-order valence-corrected chi connectivity index (χ0v) is 14.7. The molecule has 2 aliphatic heterocycles. The first-order valence-corrected chi connectivity index (χ1v) is 8.51. The summed E-state index contributed by atoms with van der Waals surface area (Å²) in [6.07, 6.45) is 3.56. The molecule has 0 aliphatic carbocycles. The molecule has 1 N–H and O–H groups in total. The van der Waals surface area contributed by atoms with Crippen LogP contribution >= 0.6 is 0 Å². The summed E-state index contributed by atoms with van der Waals surface area (Å²) in [5.41, 5.74) is 1.38. The summed E-state index contributed by atoms with van der Waals surface area (Å²) in [6, 6.07) is 10.3. The van der Waals surface area contributed by atoms with Crippen LogP contribution in [0.5, 0.6) is 23.0 Å². The Morgan fingerprint density at radius 2 is 1.18 bits per heavy atom. The van der Waals surface area contributed by atoms with Gasteiger partial charge >= 0.3 is 0 Å². The van der Waals surface area contributed by atoms with E-state index < -0.39 is 17.7 Å². The van der Waals surface area contributed by atoms with Gasteiger partial charge in [-0.15, -0.1) is 0 Å². The Morgan fingerprint density at radius 1 is 0.750 bits per heavy atom. The van der Waals surface area contributed by atoms with Crippen LogP contribution < -0.4 is 18.9 Å². The van der Waals surface area contributed by atoms with Gasteiger partial charge in [0, 0.05) is 0 Å². The molecule has 2 heterocycles. The summed E-state index contributed by atoms with van der Waals surface area (Å²) in [4.78, 5) is 24.1. The quantitative estimate of drug-likeness (QED) is 0.608. The number of ketones is 2. The standard InChI is InChI=1S/C21H16O7/c22-15(5-1-13-3-7-17-19(9-13)27-11-25-17)21(24)16(23)6-2-14-4-8-18-20(10-14)28-12-26-18/h1-10,21,24H,11-12H2/b5-1+,6-2+. The summed E-state index contributed by atoms with van der Waals surface area (Å²) in [5.74, 6) is 1.01. The van der Waals surface area contributed by atoms with Gasteiger partial charge in [0.25, 0.3) is 0 Å². The first-order chi connectivity index (χ1) is 13.6. The van der Waals surface area contributed by atoms with Crippen molar-refractivity contribution >= 4 is 23.7 Å². The maximum Gasteiger partial charge on any atom is 0.231 e. The monoisotopic (exact) mass is 380 g/mol. The molecule has 0 saturated carbocycles. The van der Waals surface area contributed by atoms with Crippen molar-refractivity contribution in [2.45, 2.75) is 6.10 Å². The topological polar surface area (TPSA) is 91.3 Å². The zero-order valence-electron chi connectivity index (χ0n) is 14.7. The number of aliphatic hydroxyl groups excluding tert-OH is 1. The fourth-order valence-electron chi connectivity index (χ4n) is 2.71. The summed E-state index contributed by atoms with van der Waals surface area (Å²) in [5, 5.41) is 9.96. The molecule has 7 nitrogen and oxygen atoms in total. The SMILES string of the molecule is O=C(/C=C/c1ccc2c(c1)OCO2)C(O)C(=O)/C=C/c1ccc2c(c1)OCO2. The molecule has 0 saturated heterocycles. The third-order valence-corrected chi connectivity index (χ3v) is 4.21. The molecule has 0 unspecified atom stereocenters. The Bertz CT molecular complexity index is 911. The largest absolute Gasteiger partial charge is 0.454 e. The molecule has 28 heavy (non-hydrogen) atoms. The summed E-state index contributed by atoms with van der Waals surface area (Å²) >= 11 is 0. The van der Waals surface area contributed by atoms with E-state index in [-0.39, 0.29) is 13.6 Å². The molecule has 2 aromatic rings. The van der Waals surface area contributed by atoms with Crippen LogP contribution in [0.25, 0.3) is 12.2 Å². The Labute approximate surface area is 160 Å². The van der Waals surface area contributed by atoms with Crippen molar-refractivity contribution in [3.05, 3.63) is 59.7 Å². The van der Waals surface area contributed by atoms with Gasteiger partial charge in [-0.3, -0.25) is 9.59 Å². The van der Waals surface area contributed by atoms with E-state index in [4.69, 9.17) is 18.9 Å². The first kappa shape index (κ1) is 17.8. The van der Waals surface area contributed by atoms with E-state index in [0.717, 1.165) is 12.2 Å². The van der Waals surface area contributed by atoms with Gasteiger partial charge in [0.15, 0.2) is 40.7 Å². The van der Waals surface area contributed by atoms with Gasteiger partial charge in [0.05, 0.1) is 0 Å². The summed E-state index contributed by atoms with van der Waals surface area (Å²) in [7, 11) is 0. The number of benzene rings is 2. The van der Waals surface area contributed by atoms with Crippen molar-refractivity contribution in [2.24, 2.45) is 0 Å². The number of rotatable bonds is 6. The zero-order chi connectivity index (χ0) is 19.5. The van der Waals surface area contributed by atoms with Crippen LogP contribution in [0.3, 0.4) is 0 Å².